The Morgan fingerprint density at radius 3 is 2.38 bits per heavy atom. The molecule has 0 amide bonds. The Balaban J connectivity index is 1.57. The van der Waals surface area contributed by atoms with Crippen LogP contribution in [0.2, 0.25) is 0 Å². The fourth-order valence-electron chi connectivity index (χ4n) is 3.63. The lowest BCUT2D eigenvalue weighted by molar-refractivity contribution is 0.0599. The quantitative estimate of drug-likeness (QED) is 0.423. The van der Waals surface area contributed by atoms with Gasteiger partial charge in [0.25, 0.3) is 0 Å². The summed E-state index contributed by atoms with van der Waals surface area (Å²) in [5, 5.41) is 0. The molecule has 0 saturated heterocycles. The maximum atomic E-state index is 12.7. The van der Waals surface area contributed by atoms with Crippen molar-refractivity contribution in [3.05, 3.63) is 94.0 Å². The van der Waals surface area contributed by atoms with Crippen molar-refractivity contribution in [2.45, 2.75) is 45.1 Å². The minimum Gasteiger partial charge on any atom is -0.489 e. The number of benzene rings is 3. The van der Waals surface area contributed by atoms with Gasteiger partial charge in [-0.05, 0) is 78.8 Å². The van der Waals surface area contributed by atoms with Crippen molar-refractivity contribution >= 4 is 16.0 Å². The number of ether oxygens (including phenoxy) is 2. The number of carbonyl (C=O) groups excluding carboxylic acids is 1. The third-order valence-corrected chi connectivity index (χ3v) is 7.38. The van der Waals surface area contributed by atoms with Gasteiger partial charge in [0.05, 0.1) is 17.6 Å². The number of rotatable bonds is 10. The molecule has 6 nitrogen and oxygen atoms in total. The van der Waals surface area contributed by atoms with Crippen LogP contribution in [-0.2, 0) is 34.2 Å². The van der Waals surface area contributed by atoms with Crippen LogP contribution in [0.4, 0.5) is 0 Å². The fraction of sp³-hybridized carbons (Fsp3) is 0.296. The van der Waals surface area contributed by atoms with Crippen LogP contribution in [0.15, 0.2) is 65.6 Å². The summed E-state index contributed by atoms with van der Waals surface area (Å²) in [6.07, 6.45) is 1.12. The summed E-state index contributed by atoms with van der Waals surface area (Å²) >= 11 is 0. The van der Waals surface area contributed by atoms with Crippen molar-refractivity contribution in [2.24, 2.45) is 0 Å². The Labute approximate surface area is 202 Å². The van der Waals surface area contributed by atoms with Crippen LogP contribution in [0.5, 0.6) is 5.75 Å². The molecule has 3 aromatic carbocycles. The number of carbonyl (C=O) groups is 1. The van der Waals surface area contributed by atoms with Gasteiger partial charge in [0.2, 0.25) is 10.0 Å². The summed E-state index contributed by atoms with van der Waals surface area (Å²) in [5.41, 5.74) is 5.62. The van der Waals surface area contributed by atoms with E-state index >= 15 is 0 Å². The van der Waals surface area contributed by atoms with Gasteiger partial charge in [0.15, 0.2) is 0 Å². The number of hydrogen-bond donors (Lipinski definition) is 1. The first-order chi connectivity index (χ1) is 16.2. The minimum absolute atomic E-state index is 0.0419. The second-order valence-corrected chi connectivity index (χ2v) is 9.87. The number of methoxy groups -OCH3 is 1. The van der Waals surface area contributed by atoms with E-state index in [1.165, 1.54) is 30.4 Å². The third kappa shape index (κ3) is 6.24. The van der Waals surface area contributed by atoms with E-state index in [1.807, 2.05) is 37.3 Å². The maximum Gasteiger partial charge on any atom is 0.338 e. The molecule has 0 aliphatic rings. The van der Waals surface area contributed by atoms with E-state index in [-0.39, 0.29) is 17.0 Å². The zero-order chi connectivity index (χ0) is 24.7. The van der Waals surface area contributed by atoms with E-state index < -0.39 is 16.0 Å². The summed E-state index contributed by atoms with van der Waals surface area (Å²) in [4.78, 5) is 12.1. The van der Waals surface area contributed by atoms with Crippen LogP contribution >= 0.6 is 0 Å². The molecule has 0 fully saturated rings. The topological polar surface area (TPSA) is 81.7 Å². The Kier molecular flexibility index (Phi) is 8.47. The van der Waals surface area contributed by atoms with Gasteiger partial charge in [-0.15, -0.1) is 0 Å². The van der Waals surface area contributed by atoms with Crippen LogP contribution in [0.3, 0.4) is 0 Å². The van der Waals surface area contributed by atoms with Crippen LogP contribution in [0.25, 0.3) is 0 Å². The minimum atomic E-state index is -3.76. The van der Waals surface area contributed by atoms with Gasteiger partial charge in [-0.25, -0.2) is 17.9 Å². The standard InChI is InChI=1S/C27H31NO5S/c1-5-22-11-14-25(17-26(22)27(29)32-4)34(30,31)28-16-15-21-9-12-24(13-10-21)33-18-23-8-6-7-19(2)20(23)3/h6-14,17,28H,5,15-16,18H2,1-4H3. The summed E-state index contributed by atoms with van der Waals surface area (Å²) in [6.45, 7) is 6.80. The normalized spacial score (nSPS) is 11.3. The summed E-state index contributed by atoms with van der Waals surface area (Å²) in [5.74, 6) is 0.213. The lowest BCUT2D eigenvalue weighted by atomic mass is 10.0. The molecule has 0 aliphatic heterocycles. The number of sulfonamides is 1. The molecule has 0 heterocycles. The highest BCUT2D eigenvalue weighted by atomic mass is 32.2. The molecule has 3 aromatic rings. The van der Waals surface area contributed by atoms with Gasteiger partial charge in [-0.1, -0.05) is 43.3 Å². The first kappa shape index (κ1) is 25.5. The molecule has 7 heteroatoms. The molecule has 0 radical (unpaired) electrons. The summed E-state index contributed by atoms with van der Waals surface area (Å²) in [6, 6.07) is 18.3. The lowest BCUT2D eigenvalue weighted by Crippen LogP contribution is -2.26. The fourth-order valence-corrected chi connectivity index (χ4v) is 4.68. The molecule has 0 aliphatic carbocycles. The smallest absolute Gasteiger partial charge is 0.338 e. The van der Waals surface area contributed by atoms with E-state index in [9.17, 15) is 13.2 Å². The SMILES string of the molecule is CCc1ccc(S(=O)(=O)NCCc2ccc(OCc3cccc(C)c3C)cc2)cc1C(=O)OC. The molecule has 0 unspecified atom stereocenters. The van der Waals surface area contributed by atoms with E-state index in [1.54, 1.807) is 6.07 Å². The molecule has 3 rings (SSSR count). The van der Waals surface area contributed by atoms with Gasteiger partial charge in [-0.2, -0.15) is 0 Å². The Morgan fingerprint density at radius 1 is 0.971 bits per heavy atom. The van der Waals surface area contributed by atoms with E-state index in [0.29, 0.717) is 19.4 Å². The Morgan fingerprint density at radius 2 is 1.71 bits per heavy atom. The maximum absolute atomic E-state index is 12.7. The largest absolute Gasteiger partial charge is 0.489 e. The molecular formula is C27H31NO5S. The third-order valence-electron chi connectivity index (χ3n) is 5.92. The number of nitrogens with one attached hydrogen (secondary N) is 1. The molecule has 1 N–H and O–H groups in total. The second-order valence-electron chi connectivity index (χ2n) is 8.10. The Bertz CT molecular complexity index is 1250. The Hall–Kier alpha value is -3.16. The molecule has 0 atom stereocenters. The van der Waals surface area contributed by atoms with Crippen LogP contribution in [-0.4, -0.2) is 28.0 Å². The van der Waals surface area contributed by atoms with Crippen molar-refractivity contribution in [1.82, 2.24) is 4.72 Å². The predicted octanol–water partition coefficient (Wildman–Crippen LogP) is 4.75. The predicted molar refractivity (Wildman–Crippen MR) is 133 cm³/mol. The average Bonchev–Trinajstić information content (AvgIpc) is 2.84. The monoisotopic (exact) mass is 481 g/mol. The van der Waals surface area contributed by atoms with Gasteiger partial charge >= 0.3 is 5.97 Å². The zero-order valence-electron chi connectivity index (χ0n) is 20.1. The van der Waals surface area contributed by atoms with E-state index in [4.69, 9.17) is 9.47 Å². The molecule has 0 saturated carbocycles. The second kappa shape index (κ2) is 11.3. The first-order valence-electron chi connectivity index (χ1n) is 11.2. The van der Waals surface area contributed by atoms with E-state index in [2.05, 4.69) is 30.7 Å². The molecular weight excluding hydrogens is 450 g/mol. The molecule has 180 valence electrons. The molecule has 0 aromatic heterocycles. The number of esters is 1. The van der Waals surface area contributed by atoms with Crippen molar-refractivity contribution in [3.8, 4) is 5.75 Å². The zero-order valence-corrected chi connectivity index (χ0v) is 20.9. The molecule has 0 spiro atoms. The van der Waals surface area contributed by atoms with Crippen molar-refractivity contribution in [2.75, 3.05) is 13.7 Å². The first-order valence-corrected chi connectivity index (χ1v) is 12.7. The van der Waals surface area contributed by atoms with Crippen molar-refractivity contribution < 1.29 is 22.7 Å². The van der Waals surface area contributed by atoms with Crippen LogP contribution in [0.1, 0.15) is 45.1 Å². The number of aryl methyl sites for hydroxylation is 2. The van der Waals surface area contributed by atoms with Gasteiger partial charge in [-0.3, -0.25) is 0 Å². The average molecular weight is 482 g/mol. The lowest BCUT2D eigenvalue weighted by Gasteiger charge is -2.12. The van der Waals surface area contributed by atoms with Crippen LogP contribution < -0.4 is 9.46 Å². The summed E-state index contributed by atoms with van der Waals surface area (Å²) in [7, 11) is -2.48. The van der Waals surface area contributed by atoms with Crippen molar-refractivity contribution in [1.29, 1.82) is 0 Å². The highest BCUT2D eigenvalue weighted by Crippen LogP contribution is 2.19. The summed E-state index contributed by atoms with van der Waals surface area (Å²) < 4.78 is 38.8. The highest BCUT2D eigenvalue weighted by Gasteiger charge is 2.19. The highest BCUT2D eigenvalue weighted by molar-refractivity contribution is 7.89. The van der Waals surface area contributed by atoms with Gasteiger partial charge < -0.3 is 9.47 Å². The van der Waals surface area contributed by atoms with Crippen molar-refractivity contribution in [3.63, 3.8) is 0 Å². The molecule has 0 bridgehead atoms. The van der Waals surface area contributed by atoms with Gasteiger partial charge in [0.1, 0.15) is 12.4 Å². The van der Waals surface area contributed by atoms with Crippen LogP contribution in [0, 0.1) is 13.8 Å². The molecule has 34 heavy (non-hydrogen) atoms. The van der Waals surface area contributed by atoms with Gasteiger partial charge in [0, 0.05) is 6.54 Å². The van der Waals surface area contributed by atoms with E-state index in [0.717, 1.165) is 22.4 Å². The number of hydrogen-bond acceptors (Lipinski definition) is 5.